The topological polar surface area (TPSA) is 256 Å². The highest BCUT2D eigenvalue weighted by molar-refractivity contribution is 5.73. The van der Waals surface area contributed by atoms with Gasteiger partial charge in [0.15, 0.2) is 0 Å². The Balaban J connectivity index is 0.000000306. The fraction of sp³-hybridized carbons (Fsp3) is 0.440. The number of carboxylic acid groups (broad SMARTS) is 3. The van der Waals surface area contributed by atoms with E-state index in [0.29, 0.717) is 19.6 Å². The van der Waals surface area contributed by atoms with Crippen molar-refractivity contribution in [2.75, 3.05) is 103 Å². The molecule has 0 radical (unpaired) electrons. The normalized spacial score (nSPS) is 11.8. The maximum absolute atomic E-state index is 12.1. The van der Waals surface area contributed by atoms with Crippen LogP contribution in [-0.2, 0) is 81.5 Å². The van der Waals surface area contributed by atoms with Crippen molar-refractivity contribution in [3.05, 3.63) is 179 Å². The van der Waals surface area contributed by atoms with Crippen LogP contribution in [-0.4, -0.2) is 187 Å². The van der Waals surface area contributed by atoms with Crippen LogP contribution < -0.4 is 28.4 Å². The predicted octanol–water partition coefficient (Wildman–Crippen LogP) is 10.8. The van der Waals surface area contributed by atoms with E-state index in [1.807, 2.05) is 166 Å². The molecule has 0 aliphatic rings. The number of methoxy groups -OCH3 is 3. The van der Waals surface area contributed by atoms with Crippen molar-refractivity contribution >= 4 is 35.8 Å². The molecule has 0 aromatic heterocycles. The number of rotatable bonds is 42. The van der Waals surface area contributed by atoms with Gasteiger partial charge in [0, 0.05) is 58.2 Å². The first-order chi connectivity index (χ1) is 46.1. The molecule has 21 nitrogen and oxygen atoms in total. The lowest BCUT2D eigenvalue weighted by Crippen LogP contribution is -2.35. The van der Waals surface area contributed by atoms with Crippen LogP contribution in [0.3, 0.4) is 0 Å². The molecule has 0 bridgehead atoms. The van der Waals surface area contributed by atoms with E-state index in [2.05, 4.69) is 36.4 Å². The number of benzene rings is 6. The summed E-state index contributed by atoms with van der Waals surface area (Å²) in [5.41, 5.74) is 6.88. The molecular formula is C75H99N3O18. The molecule has 0 aliphatic heterocycles. The summed E-state index contributed by atoms with van der Waals surface area (Å²) in [5.74, 6) is 0.834. The summed E-state index contributed by atoms with van der Waals surface area (Å²) in [5, 5.41) is 26.2. The molecule has 522 valence electrons. The number of para-hydroxylation sites is 3. The number of esters is 3. The van der Waals surface area contributed by atoms with E-state index in [1.165, 1.54) is 16.7 Å². The van der Waals surface area contributed by atoms with E-state index >= 15 is 0 Å². The third kappa shape index (κ3) is 34.3. The molecule has 0 fully saturated rings. The summed E-state index contributed by atoms with van der Waals surface area (Å²) < 4.78 is 50.4. The largest absolute Gasteiger partial charge is 0.497 e. The number of likely N-dealkylation sites (N-methyl/N-ethyl adjacent to an activating group) is 3. The first kappa shape index (κ1) is 79.3. The van der Waals surface area contributed by atoms with E-state index in [1.54, 1.807) is 21.3 Å². The smallest absolute Gasteiger partial charge is 0.306 e. The van der Waals surface area contributed by atoms with Crippen LogP contribution in [0.4, 0.5) is 0 Å². The van der Waals surface area contributed by atoms with Crippen molar-refractivity contribution in [1.29, 1.82) is 0 Å². The molecule has 6 aromatic rings. The van der Waals surface area contributed by atoms with E-state index < -0.39 is 54.1 Å². The Hall–Kier alpha value is -9.18. The van der Waals surface area contributed by atoms with E-state index in [-0.39, 0.29) is 77.6 Å². The summed E-state index contributed by atoms with van der Waals surface area (Å²) >= 11 is 0. The molecule has 0 saturated heterocycles. The fourth-order valence-electron chi connectivity index (χ4n) is 9.80. The van der Waals surface area contributed by atoms with Gasteiger partial charge in [0.05, 0.1) is 21.3 Å². The first-order valence-electron chi connectivity index (χ1n) is 32.3. The number of aliphatic carboxylic acids is 3. The third-order valence-corrected chi connectivity index (χ3v) is 14.6. The third-order valence-electron chi connectivity index (χ3n) is 14.6. The van der Waals surface area contributed by atoms with E-state index in [9.17, 15) is 28.8 Å². The number of carboxylic acids is 3. The Kier molecular flexibility index (Phi) is 37.4. The predicted molar refractivity (Wildman–Crippen MR) is 367 cm³/mol. The number of ether oxygens (including phenoxy) is 9. The van der Waals surface area contributed by atoms with Crippen molar-refractivity contribution in [3.63, 3.8) is 0 Å². The molecular weight excluding hydrogens is 1230 g/mol. The minimum absolute atomic E-state index is 0.0501. The lowest BCUT2D eigenvalue weighted by Gasteiger charge is -2.22. The maximum Gasteiger partial charge on any atom is 0.306 e. The lowest BCUT2D eigenvalue weighted by atomic mass is 10.0. The van der Waals surface area contributed by atoms with Crippen molar-refractivity contribution in [2.24, 2.45) is 0 Å². The molecule has 0 spiro atoms. The minimum atomic E-state index is -0.919. The van der Waals surface area contributed by atoms with Gasteiger partial charge in [-0.2, -0.15) is 0 Å². The van der Waals surface area contributed by atoms with Crippen LogP contribution in [0.15, 0.2) is 146 Å². The minimum Gasteiger partial charge on any atom is -0.497 e. The zero-order chi connectivity index (χ0) is 70.0. The van der Waals surface area contributed by atoms with Gasteiger partial charge in [-0.1, -0.05) is 91.0 Å². The van der Waals surface area contributed by atoms with Crippen molar-refractivity contribution in [2.45, 2.75) is 115 Å². The second kappa shape index (κ2) is 45.2. The summed E-state index contributed by atoms with van der Waals surface area (Å²) in [7, 11) is 16.3. The second-order valence-electron chi connectivity index (χ2n) is 23.7. The van der Waals surface area contributed by atoms with Crippen molar-refractivity contribution in [3.8, 4) is 34.5 Å². The Morgan fingerprint density at radius 1 is 0.333 bits per heavy atom. The van der Waals surface area contributed by atoms with E-state index in [0.717, 1.165) is 89.7 Å². The molecule has 6 aromatic carbocycles. The summed E-state index contributed by atoms with van der Waals surface area (Å²) in [6.07, 6.45) is 4.57. The maximum atomic E-state index is 12.1. The van der Waals surface area contributed by atoms with Gasteiger partial charge in [-0.05, 0) is 188 Å². The molecule has 0 heterocycles. The van der Waals surface area contributed by atoms with Gasteiger partial charge in [0.2, 0.25) is 0 Å². The number of hydrogen-bond donors (Lipinski definition) is 3. The molecule has 3 atom stereocenters. The SMILES string of the molecule is COc1ccc(CCc2ccccc2OCC(CN(C)C)OC(=O)CCCC(=O)O)cc1.COc1ccc(CCc2ccccc2OC[C@@H](CN(C)C)OC(=O)CCCC(=O)O)cc1.COc1ccc(CCc2ccccc2OC[C@H](CN(C)C)OC(=O)CCCC(=O)O)cc1. The van der Waals surface area contributed by atoms with Crippen LogP contribution in [0.2, 0.25) is 0 Å². The van der Waals surface area contributed by atoms with Crippen LogP contribution in [0, 0.1) is 0 Å². The number of carbonyl (C=O) groups excluding carboxylic acids is 3. The molecule has 6 rings (SSSR count). The Morgan fingerprint density at radius 2 is 0.573 bits per heavy atom. The van der Waals surface area contributed by atoms with Crippen LogP contribution in [0.25, 0.3) is 0 Å². The molecule has 0 amide bonds. The van der Waals surface area contributed by atoms with Gasteiger partial charge in [-0.3, -0.25) is 28.8 Å². The summed E-state index contributed by atoms with van der Waals surface area (Å²) in [4.78, 5) is 74.0. The molecule has 3 N–H and O–H groups in total. The van der Waals surface area contributed by atoms with Crippen LogP contribution in [0.1, 0.15) is 91.2 Å². The van der Waals surface area contributed by atoms with Crippen LogP contribution in [0.5, 0.6) is 34.5 Å². The zero-order valence-electron chi connectivity index (χ0n) is 57.2. The van der Waals surface area contributed by atoms with Gasteiger partial charge in [-0.15, -0.1) is 0 Å². The number of nitrogens with zero attached hydrogens (tertiary/aromatic N) is 3. The van der Waals surface area contributed by atoms with Crippen molar-refractivity contribution in [1.82, 2.24) is 14.7 Å². The van der Waals surface area contributed by atoms with Gasteiger partial charge >= 0.3 is 35.8 Å². The molecule has 21 heteroatoms. The quantitative estimate of drug-likeness (QED) is 0.0238. The number of carbonyl (C=O) groups is 6. The van der Waals surface area contributed by atoms with Gasteiger partial charge in [-0.25, -0.2) is 0 Å². The number of hydrogen-bond acceptors (Lipinski definition) is 18. The molecule has 96 heavy (non-hydrogen) atoms. The second-order valence-corrected chi connectivity index (χ2v) is 23.7. The highest BCUT2D eigenvalue weighted by Gasteiger charge is 2.21. The molecule has 1 unspecified atom stereocenters. The standard InChI is InChI=1S/3C25H33NO6/c3*1-26(2)17-22(32-25(29)10-6-9-24(27)28)18-31-23-8-5-4-7-20(23)14-11-19-12-15-21(30-3)16-13-19/h3*4-5,7-8,12-13,15-16,22H,6,9-11,14,17-18H2,1-3H3,(H,27,28)/t2*22-;/m10./s1. The van der Waals surface area contributed by atoms with Gasteiger partial charge < -0.3 is 72.7 Å². The highest BCUT2D eigenvalue weighted by atomic mass is 16.6. The van der Waals surface area contributed by atoms with Gasteiger partial charge in [0.1, 0.15) is 72.6 Å². The lowest BCUT2D eigenvalue weighted by molar-refractivity contribution is -0.152. The zero-order valence-corrected chi connectivity index (χ0v) is 57.2. The first-order valence-corrected chi connectivity index (χ1v) is 32.3. The average molecular weight is 1330 g/mol. The van der Waals surface area contributed by atoms with Crippen molar-refractivity contribution < 1.29 is 86.7 Å². The average Bonchev–Trinajstić information content (AvgIpc) is 1.44. The van der Waals surface area contributed by atoms with Gasteiger partial charge in [0.25, 0.3) is 0 Å². The Labute approximate surface area is 566 Å². The molecule has 0 saturated carbocycles. The van der Waals surface area contributed by atoms with E-state index in [4.69, 9.17) is 58.0 Å². The fourth-order valence-corrected chi connectivity index (χ4v) is 9.80. The summed E-state index contributed by atoms with van der Waals surface area (Å²) in [6, 6.07) is 47.6. The monoisotopic (exact) mass is 1330 g/mol. The Bertz CT molecular complexity index is 2890. The molecule has 0 aliphatic carbocycles. The Morgan fingerprint density at radius 3 is 0.792 bits per heavy atom. The van der Waals surface area contributed by atoms with Crippen LogP contribution >= 0.6 is 0 Å². The summed E-state index contributed by atoms with van der Waals surface area (Å²) in [6.45, 7) is 2.21. The number of aryl methyl sites for hydroxylation is 6. The highest BCUT2D eigenvalue weighted by Crippen LogP contribution is 2.25.